The van der Waals surface area contributed by atoms with Crippen LogP contribution in [-0.4, -0.2) is 49.2 Å². The van der Waals surface area contributed by atoms with Gasteiger partial charge in [0.15, 0.2) is 0 Å². The van der Waals surface area contributed by atoms with Gasteiger partial charge in [-0.15, -0.1) is 10.2 Å². The van der Waals surface area contributed by atoms with Crippen LogP contribution in [0.25, 0.3) is 22.2 Å². The molecule has 0 bridgehead atoms. The Labute approximate surface area is 210 Å². The molecular weight excluding hydrogens is 450 g/mol. The van der Waals surface area contributed by atoms with Crippen LogP contribution in [0.1, 0.15) is 73.8 Å². The van der Waals surface area contributed by atoms with Crippen molar-refractivity contribution in [3.63, 3.8) is 0 Å². The zero-order valence-corrected chi connectivity index (χ0v) is 21.0. The summed E-state index contributed by atoms with van der Waals surface area (Å²) in [6, 6.07) is 11.9. The van der Waals surface area contributed by atoms with Gasteiger partial charge in [-0.1, -0.05) is 24.6 Å². The summed E-state index contributed by atoms with van der Waals surface area (Å²) in [5.41, 5.74) is 6.67. The highest BCUT2D eigenvalue weighted by Crippen LogP contribution is 2.43. The summed E-state index contributed by atoms with van der Waals surface area (Å²) in [5, 5.41) is 21.6. The zero-order chi connectivity index (χ0) is 24.3. The van der Waals surface area contributed by atoms with Crippen LogP contribution in [0.15, 0.2) is 36.7 Å². The lowest BCUT2D eigenvalue weighted by Crippen LogP contribution is -2.49. The van der Waals surface area contributed by atoms with E-state index < -0.39 is 0 Å². The smallest absolute Gasteiger partial charge is 0.133 e. The second-order valence-electron chi connectivity index (χ2n) is 11.1. The largest absolute Gasteiger partial charge is 0.379 e. The van der Waals surface area contributed by atoms with Gasteiger partial charge in [0.25, 0.3) is 0 Å². The Hall–Kier alpha value is -3.10. The maximum Gasteiger partial charge on any atom is 0.133 e. The summed E-state index contributed by atoms with van der Waals surface area (Å²) in [6.07, 6.45) is 8.87. The average Bonchev–Trinajstić information content (AvgIpc) is 3.48. The maximum absolute atomic E-state index is 5.72. The van der Waals surface area contributed by atoms with Crippen molar-refractivity contribution in [2.75, 3.05) is 13.2 Å². The van der Waals surface area contributed by atoms with Crippen LogP contribution in [0, 0.1) is 0 Å². The van der Waals surface area contributed by atoms with Gasteiger partial charge in [0.1, 0.15) is 17.8 Å². The highest BCUT2D eigenvalue weighted by molar-refractivity contribution is 5.94. The van der Waals surface area contributed by atoms with Crippen molar-refractivity contribution >= 4 is 10.9 Å². The third-order valence-electron chi connectivity index (χ3n) is 8.41. The Kier molecular flexibility index (Phi) is 5.22. The van der Waals surface area contributed by atoms with Crippen molar-refractivity contribution in [1.82, 2.24) is 35.3 Å². The summed E-state index contributed by atoms with van der Waals surface area (Å²) in [7, 11) is 2.00. The molecule has 0 spiro atoms. The fourth-order valence-electron chi connectivity index (χ4n) is 5.68. The van der Waals surface area contributed by atoms with E-state index in [2.05, 4.69) is 57.9 Å². The van der Waals surface area contributed by atoms with Crippen molar-refractivity contribution < 1.29 is 4.74 Å². The fraction of sp³-hybridized carbons (Fsp3) is 0.500. The molecule has 1 aromatic carbocycles. The number of H-pyrrole nitrogens is 1. The molecule has 3 aromatic heterocycles. The molecule has 0 amide bonds. The molecule has 1 saturated heterocycles. The predicted molar refractivity (Wildman–Crippen MR) is 138 cm³/mol. The van der Waals surface area contributed by atoms with Crippen molar-refractivity contribution in [2.45, 2.75) is 68.9 Å². The van der Waals surface area contributed by atoms with E-state index in [0.29, 0.717) is 25.2 Å². The maximum atomic E-state index is 5.72. The van der Waals surface area contributed by atoms with E-state index in [1.165, 1.54) is 48.7 Å². The van der Waals surface area contributed by atoms with Crippen LogP contribution in [0.2, 0.25) is 0 Å². The standard InChI is InChI=1S/C28H33N7O/c1-17(30-21-7-4-8-21)25-27-22(12-23(31-25)18-9-10-18)26(33-34-27)19-5-3-6-20(11-19)28(14-36-15-28)13-24-32-29-16-35(24)2/h3,5-6,11-12,16-18,21,30H,4,7-10,13-15H2,1-2H3,(H,33,34)/t17-/m0/s1. The molecule has 3 fully saturated rings. The highest BCUT2D eigenvalue weighted by Gasteiger charge is 2.42. The van der Waals surface area contributed by atoms with Crippen LogP contribution in [0.3, 0.4) is 0 Å². The van der Waals surface area contributed by atoms with Crippen LogP contribution in [-0.2, 0) is 23.6 Å². The molecule has 4 aromatic rings. The lowest BCUT2D eigenvalue weighted by atomic mass is 9.75. The quantitative estimate of drug-likeness (QED) is 0.387. The van der Waals surface area contributed by atoms with Gasteiger partial charge in [-0.3, -0.25) is 10.1 Å². The fourth-order valence-corrected chi connectivity index (χ4v) is 5.68. The van der Waals surface area contributed by atoms with Gasteiger partial charge in [-0.25, -0.2) is 0 Å². The van der Waals surface area contributed by atoms with E-state index in [9.17, 15) is 0 Å². The first kappa shape index (κ1) is 22.1. The molecule has 4 heterocycles. The second kappa shape index (κ2) is 8.49. The molecule has 1 aliphatic heterocycles. The van der Waals surface area contributed by atoms with Gasteiger partial charge in [0.2, 0.25) is 0 Å². The van der Waals surface area contributed by atoms with Gasteiger partial charge in [0, 0.05) is 53.5 Å². The van der Waals surface area contributed by atoms with E-state index in [-0.39, 0.29) is 11.5 Å². The third kappa shape index (κ3) is 3.74. The number of hydrogen-bond donors (Lipinski definition) is 2. The number of fused-ring (bicyclic) bond motifs is 1. The number of aromatic nitrogens is 6. The van der Waals surface area contributed by atoms with E-state index in [0.717, 1.165) is 34.7 Å². The van der Waals surface area contributed by atoms with Gasteiger partial charge >= 0.3 is 0 Å². The Balaban J connectivity index is 1.27. The number of rotatable bonds is 8. The Morgan fingerprint density at radius 2 is 2.06 bits per heavy atom. The summed E-state index contributed by atoms with van der Waals surface area (Å²) in [4.78, 5) is 5.15. The molecule has 2 aliphatic carbocycles. The number of hydrogen-bond acceptors (Lipinski definition) is 6. The van der Waals surface area contributed by atoms with Crippen LogP contribution < -0.4 is 5.32 Å². The van der Waals surface area contributed by atoms with E-state index >= 15 is 0 Å². The molecule has 2 saturated carbocycles. The number of aromatic amines is 1. The Bertz CT molecular complexity index is 1410. The average molecular weight is 484 g/mol. The molecule has 1 atom stereocenters. The van der Waals surface area contributed by atoms with Crippen molar-refractivity contribution in [3.8, 4) is 11.3 Å². The number of nitrogens with zero attached hydrogens (tertiary/aromatic N) is 5. The predicted octanol–water partition coefficient (Wildman–Crippen LogP) is 4.34. The molecule has 7 rings (SSSR count). The molecule has 0 unspecified atom stereocenters. The molecule has 2 N–H and O–H groups in total. The number of benzene rings is 1. The highest BCUT2D eigenvalue weighted by atomic mass is 16.5. The minimum absolute atomic E-state index is 0.0873. The third-order valence-corrected chi connectivity index (χ3v) is 8.41. The topological polar surface area (TPSA) is 93.5 Å². The molecule has 3 aliphatic rings. The molecule has 0 radical (unpaired) electrons. The first-order chi connectivity index (χ1) is 17.6. The monoisotopic (exact) mass is 483 g/mol. The first-order valence-electron chi connectivity index (χ1n) is 13.3. The van der Waals surface area contributed by atoms with Crippen molar-refractivity contribution in [2.24, 2.45) is 7.05 Å². The molecule has 36 heavy (non-hydrogen) atoms. The minimum atomic E-state index is -0.0873. The Morgan fingerprint density at radius 1 is 1.19 bits per heavy atom. The number of aryl methyl sites for hydroxylation is 1. The van der Waals surface area contributed by atoms with E-state index in [1.807, 2.05) is 11.6 Å². The summed E-state index contributed by atoms with van der Waals surface area (Å²) >= 11 is 0. The van der Waals surface area contributed by atoms with Crippen LogP contribution >= 0.6 is 0 Å². The summed E-state index contributed by atoms with van der Waals surface area (Å²) in [5.74, 6) is 1.56. The lowest BCUT2D eigenvalue weighted by Gasteiger charge is -2.41. The minimum Gasteiger partial charge on any atom is -0.379 e. The number of ether oxygens (including phenoxy) is 1. The molecule has 8 nitrogen and oxygen atoms in total. The summed E-state index contributed by atoms with van der Waals surface area (Å²) in [6.45, 7) is 3.62. The normalized spacial score (nSPS) is 20.3. The number of pyridine rings is 1. The van der Waals surface area contributed by atoms with Gasteiger partial charge in [-0.2, -0.15) is 5.10 Å². The van der Waals surface area contributed by atoms with Crippen LogP contribution in [0.4, 0.5) is 0 Å². The van der Waals surface area contributed by atoms with E-state index in [4.69, 9.17) is 14.8 Å². The van der Waals surface area contributed by atoms with Crippen molar-refractivity contribution in [3.05, 3.63) is 59.4 Å². The summed E-state index contributed by atoms with van der Waals surface area (Å²) < 4.78 is 7.72. The molecule has 8 heteroatoms. The van der Waals surface area contributed by atoms with Gasteiger partial charge in [-0.05, 0) is 50.3 Å². The Morgan fingerprint density at radius 3 is 2.72 bits per heavy atom. The van der Waals surface area contributed by atoms with Crippen molar-refractivity contribution in [1.29, 1.82) is 0 Å². The van der Waals surface area contributed by atoms with E-state index in [1.54, 1.807) is 6.33 Å². The first-order valence-corrected chi connectivity index (χ1v) is 13.3. The van der Waals surface area contributed by atoms with Gasteiger partial charge < -0.3 is 14.6 Å². The zero-order valence-electron chi connectivity index (χ0n) is 21.0. The van der Waals surface area contributed by atoms with Crippen LogP contribution in [0.5, 0.6) is 0 Å². The molecule has 186 valence electrons. The molecular formula is C28H33N7O. The number of nitrogens with one attached hydrogen (secondary N) is 2. The second-order valence-corrected chi connectivity index (χ2v) is 11.1. The SMILES string of the molecule is C[C@H](NC1CCC1)c1nc(C2CC2)cc2c(-c3cccc(C4(Cc5nncn5C)COC4)c3)n[nH]c12. The lowest BCUT2D eigenvalue weighted by molar-refractivity contribution is -0.0611. The van der Waals surface area contributed by atoms with Gasteiger partial charge in [0.05, 0.1) is 24.4 Å².